The van der Waals surface area contributed by atoms with Crippen molar-refractivity contribution >= 4 is 34.5 Å². The van der Waals surface area contributed by atoms with Crippen molar-refractivity contribution in [2.75, 3.05) is 18.4 Å². The van der Waals surface area contributed by atoms with Gasteiger partial charge in [0.05, 0.1) is 22.8 Å². The summed E-state index contributed by atoms with van der Waals surface area (Å²) in [7, 11) is 0. The topological polar surface area (TPSA) is 87.6 Å². The molecule has 4 bridgehead atoms. The molecule has 0 spiro atoms. The molecule has 1 aromatic carbocycles. The Morgan fingerprint density at radius 2 is 2.03 bits per heavy atom. The number of carbonyl (C=O) groups is 1. The third-order valence-electron chi connectivity index (χ3n) is 7.69. The zero-order valence-corrected chi connectivity index (χ0v) is 18.1. The summed E-state index contributed by atoms with van der Waals surface area (Å²) in [6.07, 6.45) is 6.99. The molecule has 7 rings (SSSR count). The Kier molecular flexibility index (Phi) is 4.54. The Bertz CT molecular complexity index is 1020. The molecule has 2 aromatic rings. The van der Waals surface area contributed by atoms with Gasteiger partial charge in [-0.1, -0.05) is 11.6 Å². The summed E-state index contributed by atoms with van der Waals surface area (Å²) in [6.45, 7) is 1.26. The van der Waals surface area contributed by atoms with E-state index in [9.17, 15) is 9.90 Å². The van der Waals surface area contributed by atoms with E-state index in [1.54, 1.807) is 23.2 Å². The maximum atomic E-state index is 12.9. The first-order chi connectivity index (χ1) is 14.9. The second-order valence-corrected chi connectivity index (χ2v) is 10.4. The van der Waals surface area contributed by atoms with Gasteiger partial charge in [0.2, 0.25) is 0 Å². The fourth-order valence-corrected chi connectivity index (χ4v) is 6.79. The highest BCUT2D eigenvalue weighted by Gasteiger charge is 2.56. The average Bonchev–Trinajstić information content (AvgIpc) is 3.18. The smallest absolute Gasteiger partial charge is 0.410 e. The van der Waals surface area contributed by atoms with Crippen LogP contribution in [-0.2, 0) is 4.74 Å². The lowest BCUT2D eigenvalue weighted by atomic mass is 9.53. The minimum Gasteiger partial charge on any atom is -0.446 e. The number of aromatic nitrogens is 2. The molecule has 1 amide bonds. The number of benzene rings is 1. The zero-order valence-electron chi connectivity index (χ0n) is 17.3. The lowest BCUT2D eigenvalue weighted by Crippen LogP contribution is -2.58. The molecule has 3 unspecified atom stereocenters. The monoisotopic (exact) mass is 442 g/mol. The molecule has 164 valence electrons. The molecule has 5 aliphatic rings. The van der Waals surface area contributed by atoms with Gasteiger partial charge in [0.25, 0.3) is 0 Å². The molecule has 6 atom stereocenters. The fourth-order valence-electron chi connectivity index (χ4n) is 6.62. The predicted molar refractivity (Wildman–Crippen MR) is 117 cm³/mol. The van der Waals surface area contributed by atoms with Crippen LogP contribution in [0.4, 0.5) is 10.6 Å². The van der Waals surface area contributed by atoms with E-state index >= 15 is 0 Å². The fraction of sp³-hybridized carbons (Fsp3) is 0.609. The number of rotatable bonds is 3. The Hall–Kier alpha value is -2.12. The molecule has 5 fully saturated rings. The third-order valence-corrected chi connectivity index (χ3v) is 7.93. The van der Waals surface area contributed by atoms with Crippen molar-refractivity contribution in [2.45, 2.75) is 56.3 Å². The summed E-state index contributed by atoms with van der Waals surface area (Å²) in [5.74, 6) is 1.94. The first-order valence-corrected chi connectivity index (χ1v) is 11.7. The number of likely N-dealkylation sites (tertiary alicyclic amines) is 1. The summed E-state index contributed by atoms with van der Waals surface area (Å²) in [5, 5.41) is 14.8. The van der Waals surface area contributed by atoms with Gasteiger partial charge in [0.1, 0.15) is 11.9 Å². The van der Waals surface area contributed by atoms with Crippen LogP contribution in [-0.4, -0.2) is 56.9 Å². The third kappa shape index (κ3) is 3.61. The van der Waals surface area contributed by atoms with Gasteiger partial charge in [0, 0.05) is 24.2 Å². The number of aliphatic hydroxyl groups is 1. The summed E-state index contributed by atoms with van der Waals surface area (Å²) in [5.41, 5.74) is 1.04. The molecule has 31 heavy (non-hydrogen) atoms. The summed E-state index contributed by atoms with van der Waals surface area (Å²) in [4.78, 5) is 23.7. The van der Waals surface area contributed by atoms with Gasteiger partial charge in [-0.25, -0.2) is 9.78 Å². The number of hydrogen-bond acceptors (Lipinski definition) is 6. The van der Waals surface area contributed by atoms with Crippen LogP contribution >= 0.6 is 11.6 Å². The van der Waals surface area contributed by atoms with Crippen molar-refractivity contribution in [1.29, 1.82) is 0 Å². The number of carbonyl (C=O) groups excluding carboxylic acids is 1. The van der Waals surface area contributed by atoms with Crippen LogP contribution in [0, 0.1) is 17.8 Å². The van der Waals surface area contributed by atoms with Gasteiger partial charge >= 0.3 is 6.09 Å². The predicted octanol–water partition coefficient (Wildman–Crippen LogP) is 3.85. The first kappa shape index (κ1) is 19.6. The Morgan fingerprint density at radius 3 is 2.81 bits per heavy atom. The van der Waals surface area contributed by atoms with Crippen LogP contribution in [0.2, 0.25) is 5.02 Å². The highest BCUT2D eigenvalue weighted by atomic mass is 35.5. The summed E-state index contributed by atoms with van der Waals surface area (Å²) < 4.78 is 6.03. The molecule has 8 heteroatoms. The number of amides is 1. The van der Waals surface area contributed by atoms with E-state index in [4.69, 9.17) is 16.3 Å². The van der Waals surface area contributed by atoms with Crippen molar-refractivity contribution in [3.05, 3.63) is 29.4 Å². The largest absolute Gasteiger partial charge is 0.446 e. The highest BCUT2D eigenvalue weighted by molar-refractivity contribution is 6.31. The summed E-state index contributed by atoms with van der Waals surface area (Å²) >= 11 is 6.01. The molecule has 1 aliphatic heterocycles. The normalized spacial score (nSPS) is 36.2. The minimum absolute atomic E-state index is 0.0329. The van der Waals surface area contributed by atoms with Crippen LogP contribution < -0.4 is 5.32 Å². The number of nitrogens with one attached hydrogen (secondary N) is 1. The quantitative estimate of drug-likeness (QED) is 0.750. The van der Waals surface area contributed by atoms with E-state index in [0.29, 0.717) is 41.7 Å². The molecule has 4 aliphatic carbocycles. The second-order valence-electron chi connectivity index (χ2n) is 10.0. The van der Waals surface area contributed by atoms with E-state index < -0.39 is 5.60 Å². The molecule has 4 saturated carbocycles. The van der Waals surface area contributed by atoms with Crippen LogP contribution in [0.5, 0.6) is 0 Å². The van der Waals surface area contributed by atoms with Crippen LogP contribution in [0.25, 0.3) is 11.0 Å². The van der Waals surface area contributed by atoms with E-state index in [0.717, 1.165) is 49.6 Å². The second kappa shape index (κ2) is 7.20. The molecule has 1 aromatic heterocycles. The van der Waals surface area contributed by atoms with E-state index in [1.165, 1.54) is 0 Å². The average molecular weight is 443 g/mol. The van der Waals surface area contributed by atoms with Crippen molar-refractivity contribution in [2.24, 2.45) is 17.8 Å². The minimum atomic E-state index is -0.506. The lowest BCUT2D eigenvalue weighted by Gasteiger charge is -2.57. The van der Waals surface area contributed by atoms with Crippen molar-refractivity contribution < 1.29 is 14.6 Å². The van der Waals surface area contributed by atoms with Crippen molar-refractivity contribution in [1.82, 2.24) is 14.9 Å². The van der Waals surface area contributed by atoms with Gasteiger partial charge in [-0.3, -0.25) is 4.98 Å². The number of fused-ring (bicyclic) bond motifs is 1. The maximum absolute atomic E-state index is 12.9. The van der Waals surface area contributed by atoms with Crippen molar-refractivity contribution in [3.63, 3.8) is 0 Å². The van der Waals surface area contributed by atoms with Gasteiger partial charge in [-0.15, -0.1) is 0 Å². The van der Waals surface area contributed by atoms with Crippen LogP contribution in [0.15, 0.2) is 24.4 Å². The molecular weight excluding hydrogens is 416 g/mol. The number of halogens is 1. The van der Waals surface area contributed by atoms with Crippen LogP contribution in [0.3, 0.4) is 0 Å². The van der Waals surface area contributed by atoms with E-state index in [2.05, 4.69) is 15.3 Å². The van der Waals surface area contributed by atoms with Gasteiger partial charge in [-0.2, -0.15) is 0 Å². The Labute approximate surface area is 186 Å². The number of ether oxygens (including phenoxy) is 1. The molecule has 7 nitrogen and oxygen atoms in total. The Morgan fingerprint density at radius 1 is 1.23 bits per heavy atom. The van der Waals surface area contributed by atoms with Gasteiger partial charge in [0.15, 0.2) is 0 Å². The van der Waals surface area contributed by atoms with Crippen LogP contribution in [0.1, 0.15) is 38.5 Å². The number of nitrogens with zero attached hydrogens (tertiary/aromatic N) is 3. The zero-order chi connectivity index (χ0) is 21.2. The standard InChI is InChI=1S/C23H27ClN4O3/c24-16-1-2-18-19(7-16)25-11-20(27-18)26-17-3-4-28(12-17)22(29)31-21-14-5-13-6-15(21)10-23(30,8-13)9-14/h1-2,7,11,13-15,17,21,30H,3-6,8-10,12H2,(H,26,27)/t13?,14-,15?,17+,21?,23-/m0/s1. The number of hydrogen-bond donors (Lipinski definition) is 2. The molecule has 0 radical (unpaired) electrons. The van der Waals surface area contributed by atoms with E-state index in [1.807, 2.05) is 6.07 Å². The number of anilines is 1. The highest BCUT2D eigenvalue weighted by Crippen LogP contribution is 2.56. The molecule has 1 saturated heterocycles. The Balaban J connectivity index is 1.07. The molecule has 2 heterocycles. The lowest BCUT2D eigenvalue weighted by molar-refractivity contribution is -0.177. The molecule has 2 N–H and O–H groups in total. The van der Waals surface area contributed by atoms with Crippen molar-refractivity contribution in [3.8, 4) is 0 Å². The molecular formula is C23H27ClN4O3. The van der Waals surface area contributed by atoms with Gasteiger partial charge < -0.3 is 20.1 Å². The summed E-state index contributed by atoms with van der Waals surface area (Å²) in [6, 6.07) is 5.57. The van der Waals surface area contributed by atoms with Gasteiger partial charge in [-0.05, 0) is 74.5 Å². The maximum Gasteiger partial charge on any atom is 0.410 e. The SMILES string of the molecule is O=C(OC1C2CC3C[C@H]1C[C@@](O)(C3)C2)N1CC[C@@H](Nc2cnc3cc(Cl)ccc3n2)C1. The van der Waals surface area contributed by atoms with E-state index in [-0.39, 0.29) is 18.2 Å². The first-order valence-electron chi connectivity index (χ1n) is 11.3.